The van der Waals surface area contributed by atoms with Crippen LogP contribution in [0, 0.1) is 5.92 Å². The van der Waals surface area contributed by atoms with Crippen molar-refractivity contribution in [1.29, 1.82) is 0 Å². The average molecular weight is 378 g/mol. The number of nitrogens with zero attached hydrogens (tertiary/aromatic N) is 1. The summed E-state index contributed by atoms with van der Waals surface area (Å²) < 4.78 is 5.32. The van der Waals surface area contributed by atoms with Crippen LogP contribution in [0.3, 0.4) is 0 Å². The number of hydrogen-bond acceptors (Lipinski definition) is 4. The summed E-state index contributed by atoms with van der Waals surface area (Å²) in [6.07, 6.45) is 0.816. The van der Waals surface area contributed by atoms with Gasteiger partial charge >= 0.3 is 0 Å². The molecule has 1 aliphatic heterocycles. The number of benzene rings is 1. The molecule has 0 spiro atoms. The maximum atomic E-state index is 12.6. The molecule has 2 amide bonds. The van der Waals surface area contributed by atoms with E-state index in [9.17, 15) is 9.59 Å². The fourth-order valence-corrected chi connectivity index (χ4v) is 2.79. The van der Waals surface area contributed by atoms with Gasteiger partial charge in [-0.05, 0) is 18.1 Å². The van der Waals surface area contributed by atoms with Gasteiger partial charge in [-0.25, -0.2) is 0 Å². The molecule has 1 saturated heterocycles. The van der Waals surface area contributed by atoms with E-state index in [4.69, 9.17) is 4.74 Å². The molecule has 1 fully saturated rings. The summed E-state index contributed by atoms with van der Waals surface area (Å²) in [5, 5.41) is 5.85. The lowest BCUT2D eigenvalue weighted by Gasteiger charge is -2.27. The normalized spacial score (nSPS) is 16.4. The second kappa shape index (κ2) is 13.3. The molecule has 0 aromatic heterocycles. The lowest BCUT2D eigenvalue weighted by atomic mass is 9.98. The minimum absolute atomic E-state index is 0.0658. The van der Waals surface area contributed by atoms with Crippen molar-refractivity contribution in [3.63, 3.8) is 0 Å². The molecule has 1 aromatic rings. The van der Waals surface area contributed by atoms with E-state index < -0.39 is 6.04 Å². The summed E-state index contributed by atoms with van der Waals surface area (Å²) >= 11 is 0. The first kappa shape index (κ1) is 23.1. The number of ether oxygens (including phenoxy) is 1. The summed E-state index contributed by atoms with van der Waals surface area (Å²) in [5.41, 5.74) is 0.567. The SMILES string of the molecule is CC.CCC(C)C(NC(=O)c1ccccc1)C(=O)NCCN1CCOCC1. The molecule has 152 valence electrons. The van der Waals surface area contributed by atoms with Gasteiger partial charge in [0.1, 0.15) is 6.04 Å². The van der Waals surface area contributed by atoms with E-state index in [0.29, 0.717) is 12.1 Å². The van der Waals surface area contributed by atoms with Crippen LogP contribution < -0.4 is 10.6 Å². The third-order valence-electron chi connectivity index (χ3n) is 4.65. The molecule has 2 unspecified atom stereocenters. The van der Waals surface area contributed by atoms with Gasteiger partial charge in [0.2, 0.25) is 5.91 Å². The Morgan fingerprint density at radius 3 is 2.37 bits per heavy atom. The highest BCUT2D eigenvalue weighted by Crippen LogP contribution is 2.09. The Hall–Kier alpha value is -1.92. The molecule has 0 saturated carbocycles. The minimum Gasteiger partial charge on any atom is -0.379 e. The Bertz CT molecular complexity index is 545. The number of rotatable bonds is 8. The van der Waals surface area contributed by atoms with Crippen molar-refractivity contribution in [1.82, 2.24) is 15.5 Å². The standard InChI is InChI=1S/C19H29N3O3.C2H6/c1-3-15(2)17(21-18(23)16-7-5-4-6-8-16)19(24)20-9-10-22-11-13-25-14-12-22;1-2/h4-8,15,17H,3,9-14H2,1-2H3,(H,20,24)(H,21,23);1-2H3. The number of amides is 2. The summed E-state index contributed by atoms with van der Waals surface area (Å²) in [6, 6.07) is 8.47. The molecule has 2 N–H and O–H groups in total. The van der Waals surface area contributed by atoms with E-state index in [0.717, 1.165) is 39.3 Å². The second-order valence-electron chi connectivity index (χ2n) is 6.45. The van der Waals surface area contributed by atoms with Crippen LogP contribution in [0.15, 0.2) is 30.3 Å². The predicted octanol–water partition coefficient (Wildman–Crippen LogP) is 2.31. The van der Waals surface area contributed by atoms with Gasteiger partial charge in [-0.2, -0.15) is 0 Å². The molecule has 6 heteroatoms. The quantitative estimate of drug-likeness (QED) is 0.729. The summed E-state index contributed by atoms with van der Waals surface area (Å²) in [6.45, 7) is 12.7. The molecule has 27 heavy (non-hydrogen) atoms. The van der Waals surface area contributed by atoms with Crippen LogP contribution in [0.2, 0.25) is 0 Å². The maximum absolute atomic E-state index is 12.6. The number of morpholine rings is 1. The fourth-order valence-electron chi connectivity index (χ4n) is 2.79. The Balaban J connectivity index is 0.00000176. The largest absolute Gasteiger partial charge is 0.379 e. The van der Waals surface area contributed by atoms with Crippen molar-refractivity contribution >= 4 is 11.8 Å². The first-order chi connectivity index (χ1) is 13.1. The van der Waals surface area contributed by atoms with Gasteiger partial charge in [0.15, 0.2) is 0 Å². The van der Waals surface area contributed by atoms with E-state index >= 15 is 0 Å². The molecule has 2 rings (SSSR count). The first-order valence-electron chi connectivity index (χ1n) is 10.1. The van der Waals surface area contributed by atoms with Crippen LogP contribution >= 0.6 is 0 Å². The fraction of sp³-hybridized carbons (Fsp3) is 0.619. The molecule has 1 heterocycles. The summed E-state index contributed by atoms with van der Waals surface area (Å²) in [7, 11) is 0. The highest BCUT2D eigenvalue weighted by atomic mass is 16.5. The number of nitrogens with one attached hydrogen (secondary N) is 2. The van der Waals surface area contributed by atoms with Crippen LogP contribution in [0.25, 0.3) is 0 Å². The number of carbonyl (C=O) groups excluding carboxylic acids is 2. The molecule has 0 radical (unpaired) electrons. The lowest BCUT2D eigenvalue weighted by molar-refractivity contribution is -0.124. The molecular weight excluding hydrogens is 342 g/mol. The molecule has 0 aliphatic carbocycles. The Labute approximate surface area is 163 Å². The highest BCUT2D eigenvalue weighted by Gasteiger charge is 2.26. The van der Waals surface area contributed by atoms with Crippen LogP contribution in [0.1, 0.15) is 44.5 Å². The number of carbonyl (C=O) groups is 2. The Morgan fingerprint density at radius 2 is 1.78 bits per heavy atom. The van der Waals surface area contributed by atoms with Crippen LogP contribution in [-0.4, -0.2) is 62.1 Å². The summed E-state index contributed by atoms with van der Waals surface area (Å²) in [4.78, 5) is 27.2. The average Bonchev–Trinajstić information content (AvgIpc) is 2.74. The zero-order valence-corrected chi connectivity index (χ0v) is 17.2. The molecule has 6 nitrogen and oxygen atoms in total. The second-order valence-corrected chi connectivity index (χ2v) is 6.45. The van der Waals surface area contributed by atoms with E-state index in [2.05, 4.69) is 15.5 Å². The van der Waals surface area contributed by atoms with Crippen LogP contribution in [0.5, 0.6) is 0 Å². The van der Waals surface area contributed by atoms with Crippen LogP contribution in [-0.2, 0) is 9.53 Å². The van der Waals surface area contributed by atoms with Crippen molar-refractivity contribution in [2.45, 2.75) is 40.2 Å². The highest BCUT2D eigenvalue weighted by molar-refractivity contribution is 5.97. The molecule has 1 aliphatic rings. The maximum Gasteiger partial charge on any atom is 0.251 e. The third-order valence-corrected chi connectivity index (χ3v) is 4.65. The minimum atomic E-state index is -0.526. The van der Waals surface area contributed by atoms with Gasteiger partial charge in [0.25, 0.3) is 5.91 Å². The third kappa shape index (κ3) is 8.10. The van der Waals surface area contributed by atoms with E-state index in [1.54, 1.807) is 12.1 Å². The summed E-state index contributed by atoms with van der Waals surface area (Å²) in [5.74, 6) is -0.267. The van der Waals surface area contributed by atoms with E-state index in [-0.39, 0.29) is 17.7 Å². The molecule has 0 bridgehead atoms. The van der Waals surface area contributed by atoms with Gasteiger partial charge in [-0.3, -0.25) is 14.5 Å². The van der Waals surface area contributed by atoms with Crippen molar-refractivity contribution in [2.24, 2.45) is 5.92 Å². The van der Waals surface area contributed by atoms with Gasteiger partial charge in [0.05, 0.1) is 13.2 Å². The van der Waals surface area contributed by atoms with E-state index in [1.165, 1.54) is 0 Å². The smallest absolute Gasteiger partial charge is 0.251 e. The topological polar surface area (TPSA) is 70.7 Å². The molecule has 2 atom stereocenters. The van der Waals surface area contributed by atoms with Crippen molar-refractivity contribution < 1.29 is 14.3 Å². The predicted molar refractivity (Wildman–Crippen MR) is 109 cm³/mol. The Kier molecular flexibility index (Phi) is 11.4. The van der Waals surface area contributed by atoms with Gasteiger partial charge in [0, 0.05) is 31.7 Å². The monoisotopic (exact) mass is 377 g/mol. The van der Waals surface area contributed by atoms with Crippen molar-refractivity contribution in [3.05, 3.63) is 35.9 Å². The zero-order valence-electron chi connectivity index (χ0n) is 17.2. The van der Waals surface area contributed by atoms with Crippen LogP contribution in [0.4, 0.5) is 0 Å². The van der Waals surface area contributed by atoms with Gasteiger partial charge in [-0.15, -0.1) is 0 Å². The Morgan fingerprint density at radius 1 is 1.15 bits per heavy atom. The van der Waals surface area contributed by atoms with Gasteiger partial charge < -0.3 is 15.4 Å². The van der Waals surface area contributed by atoms with Gasteiger partial charge in [-0.1, -0.05) is 52.3 Å². The van der Waals surface area contributed by atoms with Crippen molar-refractivity contribution in [2.75, 3.05) is 39.4 Å². The van der Waals surface area contributed by atoms with Crippen molar-refractivity contribution in [3.8, 4) is 0 Å². The van der Waals surface area contributed by atoms with E-state index in [1.807, 2.05) is 45.9 Å². The first-order valence-corrected chi connectivity index (χ1v) is 10.1. The lowest BCUT2D eigenvalue weighted by Crippen LogP contribution is -2.51. The molecule has 1 aromatic carbocycles. The number of hydrogen-bond donors (Lipinski definition) is 2. The zero-order chi connectivity index (χ0) is 20.1. The molecular formula is C21H35N3O3.